The molecule has 5 nitrogen and oxygen atoms in total. The molecule has 0 unspecified atom stereocenters. The Kier molecular flexibility index (Phi) is 4.30. The van der Waals surface area contributed by atoms with Crippen LogP contribution in [0.2, 0.25) is 0 Å². The number of benzene rings is 1. The lowest BCUT2D eigenvalue weighted by atomic mass is 10.1. The number of carbonyl (C=O) groups excluding carboxylic acids is 1. The number of ether oxygens (including phenoxy) is 1. The predicted octanol–water partition coefficient (Wildman–Crippen LogP) is 2.50. The van der Waals surface area contributed by atoms with Crippen molar-refractivity contribution in [3.63, 3.8) is 0 Å². The molecule has 0 saturated carbocycles. The van der Waals surface area contributed by atoms with Gasteiger partial charge in [0.05, 0.1) is 5.56 Å². The van der Waals surface area contributed by atoms with Crippen molar-refractivity contribution in [2.24, 2.45) is 0 Å². The van der Waals surface area contributed by atoms with Crippen LogP contribution in [0.4, 0.5) is 13.2 Å². The molecule has 0 atom stereocenters. The number of aromatic nitrogens is 2. The number of halogens is 3. The number of carbonyl (C=O) groups is 1. The Morgan fingerprint density at radius 3 is 2.45 bits per heavy atom. The second-order valence-corrected chi connectivity index (χ2v) is 4.45. The monoisotopic (exact) mass is 312 g/mol. The maximum atomic E-state index is 12.6. The summed E-state index contributed by atoms with van der Waals surface area (Å²) in [7, 11) is 0. The summed E-state index contributed by atoms with van der Waals surface area (Å²) in [4.78, 5) is 25.7. The van der Waals surface area contributed by atoms with Gasteiger partial charge in [-0.15, -0.1) is 0 Å². The van der Waals surface area contributed by atoms with Crippen LogP contribution in [0.25, 0.3) is 0 Å². The van der Waals surface area contributed by atoms with E-state index >= 15 is 0 Å². The molecule has 22 heavy (non-hydrogen) atoms. The van der Waals surface area contributed by atoms with E-state index in [2.05, 4.69) is 4.98 Å². The van der Waals surface area contributed by atoms with E-state index in [0.717, 1.165) is 0 Å². The van der Waals surface area contributed by atoms with Crippen LogP contribution in [-0.2, 0) is 12.9 Å². The molecule has 2 aromatic rings. The predicted molar refractivity (Wildman–Crippen MR) is 70.6 cm³/mol. The van der Waals surface area contributed by atoms with Gasteiger partial charge in [0, 0.05) is 18.0 Å². The van der Waals surface area contributed by atoms with Gasteiger partial charge in [-0.3, -0.25) is 9.36 Å². The molecule has 0 bridgehead atoms. The number of nitrogens with zero attached hydrogens (tertiary/aromatic N) is 2. The molecule has 0 saturated heterocycles. The van der Waals surface area contributed by atoms with Gasteiger partial charge in [0.1, 0.15) is 5.75 Å². The van der Waals surface area contributed by atoms with Crippen LogP contribution in [0.3, 0.4) is 0 Å². The highest BCUT2D eigenvalue weighted by Crippen LogP contribution is 2.27. The topological polar surface area (TPSA) is 61.2 Å². The number of hydrogen-bond acceptors (Lipinski definition) is 4. The summed E-state index contributed by atoms with van der Waals surface area (Å²) in [6.45, 7) is 0.985. The molecule has 0 spiro atoms. The van der Waals surface area contributed by atoms with Crippen LogP contribution >= 0.6 is 0 Å². The molecule has 2 rings (SSSR count). The molecule has 0 aliphatic rings. The van der Waals surface area contributed by atoms with E-state index in [9.17, 15) is 22.8 Å². The summed E-state index contributed by atoms with van der Waals surface area (Å²) in [6, 6.07) is 6.02. The van der Waals surface area contributed by atoms with Crippen LogP contribution in [0.1, 0.15) is 22.8 Å². The average molecular weight is 312 g/mol. The van der Waals surface area contributed by atoms with E-state index in [4.69, 9.17) is 4.74 Å². The first-order valence-electron chi connectivity index (χ1n) is 6.15. The van der Waals surface area contributed by atoms with Gasteiger partial charge in [0.25, 0.3) is 0 Å². The third-order valence-electron chi connectivity index (χ3n) is 2.81. The van der Waals surface area contributed by atoms with E-state index < -0.39 is 24.2 Å². The fourth-order valence-electron chi connectivity index (χ4n) is 1.62. The molecule has 8 heteroatoms. The molecule has 0 amide bonds. The van der Waals surface area contributed by atoms with Crippen molar-refractivity contribution in [1.29, 1.82) is 0 Å². The van der Waals surface area contributed by atoms with Crippen molar-refractivity contribution in [1.82, 2.24) is 9.55 Å². The number of Topliss-reactive ketones (excluding diaryl/α,β-unsaturated/α-hetero) is 1. The zero-order chi connectivity index (χ0) is 16.3. The van der Waals surface area contributed by atoms with Gasteiger partial charge >= 0.3 is 11.9 Å². The Bertz CT molecular complexity index is 736. The largest absolute Gasteiger partial charge is 0.473 e. The Morgan fingerprint density at radius 1 is 1.27 bits per heavy atom. The highest BCUT2D eigenvalue weighted by Gasteiger charge is 2.31. The zero-order valence-corrected chi connectivity index (χ0v) is 11.4. The van der Waals surface area contributed by atoms with Crippen molar-refractivity contribution in [3.8, 4) is 5.75 Å². The van der Waals surface area contributed by atoms with Gasteiger partial charge < -0.3 is 4.74 Å². The average Bonchev–Trinajstić information content (AvgIpc) is 2.45. The lowest BCUT2D eigenvalue weighted by molar-refractivity contribution is -0.138. The Hall–Kier alpha value is -2.64. The first kappa shape index (κ1) is 15.7. The standard InChI is InChI=1S/C14H11F3N2O3/c1-9(20)10-2-4-12(5-3-10)22-8-19-7-11(14(15,16)17)6-18-13(19)21/h2-7H,8H2,1H3. The second kappa shape index (κ2) is 6.00. The second-order valence-electron chi connectivity index (χ2n) is 4.45. The fourth-order valence-corrected chi connectivity index (χ4v) is 1.62. The first-order chi connectivity index (χ1) is 10.3. The van der Waals surface area contributed by atoms with Crippen molar-refractivity contribution in [2.45, 2.75) is 19.8 Å². The molecule has 0 aliphatic heterocycles. The smallest absolute Gasteiger partial charge is 0.419 e. The minimum atomic E-state index is -4.59. The maximum absolute atomic E-state index is 12.6. The van der Waals surface area contributed by atoms with Gasteiger partial charge in [-0.25, -0.2) is 9.78 Å². The molecule has 116 valence electrons. The van der Waals surface area contributed by atoms with E-state index in [-0.39, 0.29) is 5.78 Å². The first-order valence-corrected chi connectivity index (χ1v) is 6.15. The molecule has 1 aromatic heterocycles. The molecular weight excluding hydrogens is 301 g/mol. The SMILES string of the molecule is CC(=O)c1ccc(OCn2cc(C(F)(F)F)cnc2=O)cc1. The van der Waals surface area contributed by atoms with Crippen LogP contribution < -0.4 is 10.4 Å². The van der Waals surface area contributed by atoms with Crippen LogP contribution in [0.5, 0.6) is 5.75 Å². The summed E-state index contributed by atoms with van der Waals surface area (Å²) in [5.41, 5.74) is -1.42. The number of hydrogen-bond donors (Lipinski definition) is 0. The molecule has 0 N–H and O–H groups in total. The molecule has 0 fully saturated rings. The Balaban J connectivity index is 2.14. The highest BCUT2D eigenvalue weighted by atomic mass is 19.4. The van der Waals surface area contributed by atoms with Gasteiger partial charge in [-0.2, -0.15) is 13.2 Å². The summed E-state index contributed by atoms with van der Waals surface area (Å²) in [5, 5.41) is 0. The van der Waals surface area contributed by atoms with Crippen LogP contribution in [0.15, 0.2) is 41.5 Å². The normalized spacial score (nSPS) is 11.3. The third-order valence-corrected chi connectivity index (χ3v) is 2.81. The number of ketones is 1. The molecule has 0 radical (unpaired) electrons. The molecule has 1 heterocycles. The fraction of sp³-hybridized carbons (Fsp3) is 0.214. The lowest BCUT2D eigenvalue weighted by Gasteiger charge is -2.11. The van der Waals surface area contributed by atoms with Gasteiger partial charge in [-0.1, -0.05) is 0 Å². The van der Waals surface area contributed by atoms with Crippen LogP contribution in [0, 0.1) is 0 Å². The van der Waals surface area contributed by atoms with Crippen molar-refractivity contribution in [2.75, 3.05) is 0 Å². The van der Waals surface area contributed by atoms with E-state index in [1.807, 2.05) is 0 Å². The molecule has 1 aromatic carbocycles. The summed E-state index contributed by atoms with van der Waals surface area (Å²) in [5.74, 6) is 0.194. The minimum absolute atomic E-state index is 0.121. The Labute approximate surface area is 123 Å². The van der Waals surface area contributed by atoms with E-state index in [1.165, 1.54) is 31.2 Å². The quantitative estimate of drug-likeness (QED) is 0.814. The van der Waals surface area contributed by atoms with E-state index in [0.29, 0.717) is 28.3 Å². The zero-order valence-electron chi connectivity index (χ0n) is 11.4. The number of alkyl halides is 3. The van der Waals surface area contributed by atoms with Gasteiger partial charge in [0.15, 0.2) is 12.5 Å². The minimum Gasteiger partial charge on any atom is -0.473 e. The van der Waals surface area contributed by atoms with Gasteiger partial charge in [-0.05, 0) is 31.2 Å². The highest BCUT2D eigenvalue weighted by molar-refractivity contribution is 5.94. The van der Waals surface area contributed by atoms with E-state index in [1.54, 1.807) is 0 Å². The van der Waals surface area contributed by atoms with Crippen LogP contribution in [-0.4, -0.2) is 15.3 Å². The summed E-state index contributed by atoms with van der Waals surface area (Å²) < 4.78 is 43.6. The maximum Gasteiger partial charge on any atom is 0.419 e. The van der Waals surface area contributed by atoms with Crippen molar-refractivity contribution < 1.29 is 22.7 Å². The van der Waals surface area contributed by atoms with Gasteiger partial charge in [0.2, 0.25) is 0 Å². The molecule has 0 aliphatic carbocycles. The van der Waals surface area contributed by atoms with Crippen molar-refractivity contribution >= 4 is 5.78 Å². The van der Waals surface area contributed by atoms with Crippen molar-refractivity contribution in [3.05, 3.63) is 58.3 Å². The number of rotatable bonds is 4. The summed E-state index contributed by atoms with van der Waals surface area (Å²) >= 11 is 0. The lowest BCUT2D eigenvalue weighted by Crippen LogP contribution is -2.26. The summed E-state index contributed by atoms with van der Waals surface area (Å²) in [6.07, 6.45) is -3.48. The Morgan fingerprint density at radius 2 is 1.91 bits per heavy atom. The molecular formula is C14H11F3N2O3. The third kappa shape index (κ3) is 3.72.